The van der Waals surface area contributed by atoms with Crippen LogP contribution in [0.3, 0.4) is 0 Å². The largest absolute Gasteiger partial charge is 0.496 e. The van der Waals surface area contributed by atoms with Gasteiger partial charge in [0.2, 0.25) is 0 Å². The summed E-state index contributed by atoms with van der Waals surface area (Å²) in [7, 11) is 3.50. The number of nitrogens with one attached hydrogen (secondary N) is 1. The fraction of sp³-hybridized carbons (Fsp3) is 0.294. The minimum Gasteiger partial charge on any atom is -0.496 e. The standard InChI is InChI=1S/C17H19ClFNO/c1-11-4-7-17(21-3)14(8-11)16(20-2)9-12-5-6-13(18)10-15(12)19/h4-8,10,16,20H,9H2,1-3H3. The highest BCUT2D eigenvalue weighted by Gasteiger charge is 2.17. The lowest BCUT2D eigenvalue weighted by Gasteiger charge is -2.20. The van der Waals surface area contributed by atoms with Crippen molar-refractivity contribution < 1.29 is 9.13 Å². The monoisotopic (exact) mass is 307 g/mol. The number of benzene rings is 2. The topological polar surface area (TPSA) is 21.3 Å². The van der Waals surface area contributed by atoms with Crippen molar-refractivity contribution >= 4 is 11.6 Å². The lowest BCUT2D eigenvalue weighted by molar-refractivity contribution is 0.400. The molecular formula is C17H19ClFNO. The molecule has 0 saturated heterocycles. The van der Waals surface area contributed by atoms with Gasteiger partial charge in [0, 0.05) is 16.6 Å². The SMILES string of the molecule is CNC(Cc1ccc(Cl)cc1F)c1cc(C)ccc1OC. The summed E-state index contributed by atoms with van der Waals surface area (Å²) < 4.78 is 19.4. The van der Waals surface area contributed by atoms with Gasteiger partial charge in [0.05, 0.1) is 7.11 Å². The molecule has 0 aliphatic heterocycles. The van der Waals surface area contributed by atoms with Crippen LogP contribution >= 0.6 is 11.6 Å². The molecule has 2 aromatic carbocycles. The minimum absolute atomic E-state index is 0.0319. The molecule has 112 valence electrons. The second-order valence-corrected chi connectivity index (χ2v) is 5.46. The second-order valence-electron chi connectivity index (χ2n) is 5.03. The van der Waals surface area contributed by atoms with E-state index in [1.54, 1.807) is 19.2 Å². The molecule has 0 spiro atoms. The van der Waals surface area contributed by atoms with Crippen molar-refractivity contribution in [3.05, 3.63) is 63.9 Å². The maximum absolute atomic E-state index is 14.0. The average molecular weight is 308 g/mol. The summed E-state index contributed by atoms with van der Waals surface area (Å²) >= 11 is 5.80. The number of likely N-dealkylation sites (N-methyl/N-ethyl adjacent to an activating group) is 1. The highest BCUT2D eigenvalue weighted by molar-refractivity contribution is 6.30. The molecule has 0 heterocycles. The molecule has 0 amide bonds. The first kappa shape index (κ1) is 15.8. The lowest BCUT2D eigenvalue weighted by Crippen LogP contribution is -2.20. The Balaban J connectivity index is 2.34. The first-order valence-electron chi connectivity index (χ1n) is 6.81. The maximum atomic E-state index is 14.0. The van der Waals surface area contributed by atoms with Crippen LogP contribution in [-0.4, -0.2) is 14.2 Å². The van der Waals surface area contributed by atoms with Crippen molar-refractivity contribution in [1.82, 2.24) is 5.32 Å². The Morgan fingerprint density at radius 3 is 2.62 bits per heavy atom. The first-order chi connectivity index (χ1) is 10.0. The highest BCUT2D eigenvalue weighted by Crippen LogP contribution is 2.29. The maximum Gasteiger partial charge on any atom is 0.127 e. The smallest absolute Gasteiger partial charge is 0.127 e. The van der Waals surface area contributed by atoms with Crippen LogP contribution < -0.4 is 10.1 Å². The van der Waals surface area contributed by atoms with Gasteiger partial charge in [-0.25, -0.2) is 4.39 Å². The summed E-state index contributed by atoms with van der Waals surface area (Å²) in [6.45, 7) is 2.03. The van der Waals surface area contributed by atoms with Crippen molar-refractivity contribution in [3.63, 3.8) is 0 Å². The highest BCUT2D eigenvalue weighted by atomic mass is 35.5. The first-order valence-corrected chi connectivity index (χ1v) is 7.18. The van der Waals surface area contributed by atoms with Crippen molar-refractivity contribution in [2.45, 2.75) is 19.4 Å². The van der Waals surface area contributed by atoms with Gasteiger partial charge < -0.3 is 10.1 Å². The molecule has 2 rings (SSSR count). The van der Waals surface area contributed by atoms with Gasteiger partial charge in [-0.1, -0.05) is 35.4 Å². The molecule has 0 aromatic heterocycles. The van der Waals surface area contributed by atoms with Gasteiger partial charge >= 0.3 is 0 Å². The predicted octanol–water partition coefficient (Wildman–Crippen LogP) is 4.30. The molecule has 0 aliphatic rings. The van der Waals surface area contributed by atoms with Crippen LogP contribution in [0.5, 0.6) is 5.75 Å². The third-order valence-corrected chi connectivity index (χ3v) is 3.78. The molecule has 0 fully saturated rings. The van der Waals surface area contributed by atoms with Crippen LogP contribution in [-0.2, 0) is 6.42 Å². The molecular weight excluding hydrogens is 289 g/mol. The van der Waals surface area contributed by atoms with Crippen molar-refractivity contribution in [2.24, 2.45) is 0 Å². The van der Waals surface area contributed by atoms with Crippen LogP contribution in [0, 0.1) is 12.7 Å². The summed E-state index contributed by atoms with van der Waals surface area (Å²) in [6, 6.07) is 10.7. The van der Waals surface area contributed by atoms with Gasteiger partial charge in [0.1, 0.15) is 11.6 Å². The molecule has 1 N–H and O–H groups in total. The van der Waals surface area contributed by atoms with E-state index in [-0.39, 0.29) is 11.9 Å². The lowest BCUT2D eigenvalue weighted by atomic mass is 9.96. The zero-order chi connectivity index (χ0) is 15.4. The molecule has 0 saturated carbocycles. The Hall–Kier alpha value is -1.58. The van der Waals surface area contributed by atoms with Crippen LogP contribution in [0.2, 0.25) is 5.02 Å². The van der Waals surface area contributed by atoms with Gasteiger partial charge in [-0.3, -0.25) is 0 Å². The zero-order valence-electron chi connectivity index (χ0n) is 12.4. The van der Waals surface area contributed by atoms with E-state index >= 15 is 0 Å². The molecule has 4 heteroatoms. The number of aryl methyl sites for hydroxylation is 1. The molecule has 2 nitrogen and oxygen atoms in total. The van der Waals surface area contributed by atoms with E-state index in [0.717, 1.165) is 16.9 Å². The summed E-state index contributed by atoms with van der Waals surface area (Å²) in [6.07, 6.45) is 0.527. The van der Waals surface area contributed by atoms with E-state index in [1.807, 2.05) is 26.1 Å². The third kappa shape index (κ3) is 3.74. The van der Waals surface area contributed by atoms with Crippen LogP contribution in [0.15, 0.2) is 36.4 Å². The van der Waals surface area contributed by atoms with Crippen molar-refractivity contribution in [3.8, 4) is 5.75 Å². The van der Waals surface area contributed by atoms with Crippen LogP contribution in [0.4, 0.5) is 4.39 Å². The van der Waals surface area contributed by atoms with E-state index in [0.29, 0.717) is 17.0 Å². The Morgan fingerprint density at radius 2 is 2.00 bits per heavy atom. The van der Waals surface area contributed by atoms with Gasteiger partial charge in [-0.2, -0.15) is 0 Å². The van der Waals surface area contributed by atoms with Crippen molar-refractivity contribution in [2.75, 3.05) is 14.2 Å². The number of rotatable bonds is 5. The summed E-state index contributed by atoms with van der Waals surface area (Å²) in [5.74, 6) is 0.517. The number of hydrogen-bond donors (Lipinski definition) is 1. The van der Waals surface area contributed by atoms with E-state index < -0.39 is 0 Å². The molecule has 0 radical (unpaired) electrons. The average Bonchev–Trinajstić information content (AvgIpc) is 2.46. The minimum atomic E-state index is -0.283. The third-order valence-electron chi connectivity index (χ3n) is 3.55. The quantitative estimate of drug-likeness (QED) is 0.889. The van der Waals surface area contributed by atoms with Gasteiger partial charge in [-0.15, -0.1) is 0 Å². The van der Waals surface area contributed by atoms with Crippen molar-refractivity contribution in [1.29, 1.82) is 0 Å². The second kappa shape index (κ2) is 6.92. The Bertz CT molecular complexity index is 630. The normalized spacial score (nSPS) is 12.2. The molecule has 21 heavy (non-hydrogen) atoms. The van der Waals surface area contributed by atoms with E-state index in [9.17, 15) is 4.39 Å². The number of halogens is 2. The number of ether oxygens (including phenoxy) is 1. The fourth-order valence-corrected chi connectivity index (χ4v) is 2.56. The predicted molar refractivity (Wildman–Crippen MR) is 84.6 cm³/mol. The van der Waals surface area contributed by atoms with Gasteiger partial charge in [0.25, 0.3) is 0 Å². The molecule has 2 aromatic rings. The Morgan fingerprint density at radius 1 is 1.24 bits per heavy atom. The molecule has 0 bridgehead atoms. The van der Waals surface area contributed by atoms with Gasteiger partial charge in [-0.05, 0) is 44.2 Å². The summed E-state index contributed by atoms with van der Waals surface area (Å²) in [4.78, 5) is 0. The van der Waals surface area contributed by atoms with Crippen LogP contribution in [0.25, 0.3) is 0 Å². The van der Waals surface area contributed by atoms with E-state index in [1.165, 1.54) is 6.07 Å². The number of hydrogen-bond acceptors (Lipinski definition) is 2. The zero-order valence-corrected chi connectivity index (χ0v) is 13.2. The summed E-state index contributed by atoms with van der Waals surface area (Å²) in [5.41, 5.74) is 2.79. The molecule has 1 unspecified atom stereocenters. The molecule has 1 atom stereocenters. The van der Waals surface area contributed by atoms with E-state index in [4.69, 9.17) is 16.3 Å². The Labute approximate surface area is 129 Å². The molecule has 0 aliphatic carbocycles. The fourth-order valence-electron chi connectivity index (χ4n) is 2.40. The van der Waals surface area contributed by atoms with E-state index in [2.05, 4.69) is 11.4 Å². The summed E-state index contributed by atoms with van der Waals surface area (Å²) in [5, 5.41) is 3.64. The van der Waals surface area contributed by atoms with Crippen LogP contribution in [0.1, 0.15) is 22.7 Å². The van der Waals surface area contributed by atoms with Gasteiger partial charge in [0.15, 0.2) is 0 Å². The Kier molecular flexibility index (Phi) is 5.21. The number of methoxy groups -OCH3 is 1.